The number of hydrogen-bond acceptors (Lipinski definition) is 6. The maximum absolute atomic E-state index is 13.1. The van der Waals surface area contributed by atoms with Gasteiger partial charge < -0.3 is 15.4 Å². The molecule has 0 aliphatic carbocycles. The van der Waals surface area contributed by atoms with Crippen LogP contribution in [0.5, 0.6) is 0 Å². The molecule has 1 aliphatic rings. The van der Waals surface area contributed by atoms with E-state index in [1.165, 1.54) is 12.1 Å². The Kier molecular flexibility index (Phi) is 8.45. The number of rotatable bonds is 9. The molecule has 38 heavy (non-hydrogen) atoms. The van der Waals surface area contributed by atoms with Gasteiger partial charge >= 0.3 is 5.97 Å². The van der Waals surface area contributed by atoms with E-state index >= 15 is 0 Å². The summed E-state index contributed by atoms with van der Waals surface area (Å²) in [6.07, 6.45) is 1.61. The van der Waals surface area contributed by atoms with Crippen LogP contribution in [0.4, 0.5) is 17.1 Å². The van der Waals surface area contributed by atoms with Crippen LogP contribution in [0.3, 0.4) is 0 Å². The highest BCUT2D eigenvalue weighted by Crippen LogP contribution is 2.31. The summed E-state index contributed by atoms with van der Waals surface area (Å²) in [5.74, 6) is -2.28. The van der Waals surface area contributed by atoms with Gasteiger partial charge in [-0.05, 0) is 73.2 Å². The van der Waals surface area contributed by atoms with Crippen LogP contribution >= 0.6 is 23.2 Å². The molecule has 0 spiro atoms. The molecule has 2 N–H and O–H groups in total. The summed E-state index contributed by atoms with van der Waals surface area (Å²) in [5, 5.41) is 5.89. The van der Waals surface area contributed by atoms with Crippen molar-refractivity contribution >= 4 is 64.0 Å². The van der Waals surface area contributed by atoms with Gasteiger partial charge in [-0.2, -0.15) is 0 Å². The zero-order chi connectivity index (χ0) is 27.2. The lowest BCUT2D eigenvalue weighted by molar-refractivity contribution is -0.120. The maximum atomic E-state index is 13.1. The summed E-state index contributed by atoms with van der Waals surface area (Å²) in [5.41, 5.74) is 1.69. The standard InChI is InChI=1S/C28H23Cl2N3O5/c1-2-3-15-38-28(37)18-5-4-6-22(16-18)33-26(35)23(30)24(27(33)36)31-20-11-7-17(8-12-20)25(34)32-21-13-9-19(29)10-14-21/h4-14,16,31H,2-3,15H2,1H3,(H,32,34). The number of nitrogens with one attached hydrogen (secondary N) is 2. The van der Waals surface area contributed by atoms with Crippen molar-refractivity contribution in [3.05, 3.63) is 99.7 Å². The van der Waals surface area contributed by atoms with Crippen molar-refractivity contribution in [3.63, 3.8) is 0 Å². The third-order valence-electron chi connectivity index (χ3n) is 5.62. The number of imide groups is 1. The van der Waals surface area contributed by atoms with Crippen molar-refractivity contribution in [1.82, 2.24) is 0 Å². The number of benzene rings is 3. The lowest BCUT2D eigenvalue weighted by atomic mass is 10.1. The molecule has 4 rings (SSSR count). The topological polar surface area (TPSA) is 105 Å². The first-order chi connectivity index (χ1) is 18.3. The molecule has 3 aromatic carbocycles. The number of nitrogens with zero attached hydrogens (tertiary/aromatic N) is 1. The number of ether oxygens (including phenoxy) is 1. The molecule has 0 fully saturated rings. The first-order valence-corrected chi connectivity index (χ1v) is 12.5. The number of amides is 3. The van der Waals surface area contributed by atoms with Crippen molar-refractivity contribution in [2.75, 3.05) is 22.1 Å². The van der Waals surface area contributed by atoms with Crippen LogP contribution < -0.4 is 15.5 Å². The van der Waals surface area contributed by atoms with E-state index in [4.69, 9.17) is 27.9 Å². The third-order valence-corrected chi connectivity index (χ3v) is 6.22. The molecule has 0 atom stereocenters. The average Bonchev–Trinajstić information content (AvgIpc) is 3.13. The van der Waals surface area contributed by atoms with E-state index in [1.54, 1.807) is 60.7 Å². The highest BCUT2D eigenvalue weighted by molar-refractivity contribution is 6.53. The van der Waals surface area contributed by atoms with Crippen LogP contribution in [0.2, 0.25) is 5.02 Å². The van der Waals surface area contributed by atoms with E-state index in [0.29, 0.717) is 22.0 Å². The largest absolute Gasteiger partial charge is 0.462 e. The summed E-state index contributed by atoms with van der Waals surface area (Å²) in [4.78, 5) is 51.7. The molecule has 0 saturated heterocycles. The van der Waals surface area contributed by atoms with Gasteiger partial charge in [-0.15, -0.1) is 0 Å². The Balaban J connectivity index is 1.45. The molecule has 10 heteroatoms. The van der Waals surface area contributed by atoms with Crippen LogP contribution in [0.25, 0.3) is 0 Å². The predicted octanol–water partition coefficient (Wildman–Crippen LogP) is 5.98. The van der Waals surface area contributed by atoms with Gasteiger partial charge in [0.05, 0.1) is 17.9 Å². The quantitative estimate of drug-likeness (QED) is 0.192. The van der Waals surface area contributed by atoms with Gasteiger partial charge in [0.2, 0.25) is 0 Å². The summed E-state index contributed by atoms with van der Waals surface area (Å²) in [6, 6.07) is 19.0. The van der Waals surface area contributed by atoms with Crippen molar-refractivity contribution in [3.8, 4) is 0 Å². The highest BCUT2D eigenvalue weighted by Gasteiger charge is 2.39. The molecule has 8 nitrogen and oxygen atoms in total. The van der Waals surface area contributed by atoms with E-state index in [2.05, 4.69) is 10.6 Å². The summed E-state index contributed by atoms with van der Waals surface area (Å²) >= 11 is 12.1. The molecular weight excluding hydrogens is 529 g/mol. The number of anilines is 3. The minimum absolute atomic E-state index is 0.119. The summed E-state index contributed by atoms with van der Waals surface area (Å²) in [7, 11) is 0. The Hall–Kier alpha value is -4.14. The second-order valence-corrected chi connectivity index (χ2v) is 9.15. The molecular formula is C28H23Cl2N3O5. The van der Waals surface area contributed by atoms with Crippen LogP contribution in [0.15, 0.2) is 83.5 Å². The maximum Gasteiger partial charge on any atom is 0.338 e. The van der Waals surface area contributed by atoms with Crippen molar-refractivity contribution in [2.24, 2.45) is 0 Å². The van der Waals surface area contributed by atoms with Crippen LogP contribution in [0, 0.1) is 0 Å². The van der Waals surface area contributed by atoms with Crippen LogP contribution in [0.1, 0.15) is 40.5 Å². The Morgan fingerprint density at radius 3 is 2.24 bits per heavy atom. The van der Waals surface area contributed by atoms with Gasteiger partial charge in [-0.3, -0.25) is 14.4 Å². The monoisotopic (exact) mass is 551 g/mol. The Bertz CT molecular complexity index is 1420. The fraction of sp³-hybridized carbons (Fsp3) is 0.143. The zero-order valence-corrected chi connectivity index (χ0v) is 21.8. The van der Waals surface area contributed by atoms with E-state index in [0.717, 1.165) is 17.7 Å². The highest BCUT2D eigenvalue weighted by atomic mass is 35.5. The van der Waals surface area contributed by atoms with Crippen LogP contribution in [-0.4, -0.2) is 30.3 Å². The Labute approximate surface area is 229 Å². The van der Waals surface area contributed by atoms with E-state index in [9.17, 15) is 19.2 Å². The Morgan fingerprint density at radius 1 is 0.868 bits per heavy atom. The van der Waals surface area contributed by atoms with Gasteiger partial charge in [0.15, 0.2) is 0 Å². The number of carbonyl (C=O) groups is 4. The van der Waals surface area contributed by atoms with Crippen molar-refractivity contribution in [1.29, 1.82) is 0 Å². The molecule has 194 valence electrons. The Morgan fingerprint density at radius 2 is 1.55 bits per heavy atom. The summed E-state index contributed by atoms with van der Waals surface area (Å²) in [6.45, 7) is 2.26. The lowest BCUT2D eigenvalue weighted by Crippen LogP contribution is -2.32. The second kappa shape index (κ2) is 11.9. The number of esters is 1. The van der Waals surface area contributed by atoms with E-state index in [1.807, 2.05) is 6.92 Å². The lowest BCUT2D eigenvalue weighted by Gasteiger charge is -2.16. The fourth-order valence-electron chi connectivity index (χ4n) is 3.60. The SMILES string of the molecule is CCCCOC(=O)c1cccc(N2C(=O)C(Cl)=C(Nc3ccc(C(=O)Nc4ccc(Cl)cc4)cc3)C2=O)c1. The average molecular weight is 552 g/mol. The second-order valence-electron chi connectivity index (χ2n) is 8.34. The number of carbonyl (C=O) groups excluding carboxylic acids is 4. The van der Waals surface area contributed by atoms with Gasteiger partial charge in [0.25, 0.3) is 17.7 Å². The van der Waals surface area contributed by atoms with Gasteiger partial charge in [-0.25, -0.2) is 9.69 Å². The van der Waals surface area contributed by atoms with Crippen molar-refractivity contribution in [2.45, 2.75) is 19.8 Å². The molecule has 0 radical (unpaired) electrons. The molecule has 0 unspecified atom stereocenters. The number of hydrogen-bond donors (Lipinski definition) is 2. The smallest absolute Gasteiger partial charge is 0.338 e. The normalized spacial score (nSPS) is 13.1. The van der Waals surface area contributed by atoms with Gasteiger partial charge in [0.1, 0.15) is 10.7 Å². The predicted molar refractivity (Wildman–Crippen MR) is 146 cm³/mol. The molecule has 1 aliphatic heterocycles. The minimum atomic E-state index is -0.727. The first kappa shape index (κ1) is 26.9. The molecule has 0 aromatic heterocycles. The van der Waals surface area contributed by atoms with Crippen molar-refractivity contribution < 1.29 is 23.9 Å². The van der Waals surface area contributed by atoms with Gasteiger partial charge in [-0.1, -0.05) is 42.6 Å². The zero-order valence-electron chi connectivity index (χ0n) is 20.3. The summed E-state index contributed by atoms with van der Waals surface area (Å²) < 4.78 is 5.22. The first-order valence-electron chi connectivity index (χ1n) is 11.8. The van der Waals surface area contributed by atoms with E-state index in [-0.39, 0.29) is 34.5 Å². The fourth-order valence-corrected chi connectivity index (χ4v) is 3.93. The molecule has 3 amide bonds. The van der Waals surface area contributed by atoms with Crippen LogP contribution in [-0.2, 0) is 14.3 Å². The van der Waals surface area contributed by atoms with E-state index < -0.39 is 17.8 Å². The molecule has 1 heterocycles. The molecule has 3 aromatic rings. The molecule has 0 bridgehead atoms. The molecule has 0 saturated carbocycles. The van der Waals surface area contributed by atoms with Gasteiger partial charge in [0, 0.05) is 22.0 Å². The number of halogens is 2. The number of unbranched alkanes of at least 4 members (excludes halogenated alkanes) is 1. The minimum Gasteiger partial charge on any atom is -0.462 e. The third kappa shape index (κ3) is 6.04.